The molecule has 3 aromatic carbocycles. The molecule has 1 amide bonds. The van der Waals surface area contributed by atoms with Crippen LogP contribution in [0.3, 0.4) is 0 Å². The second-order valence-corrected chi connectivity index (χ2v) is 6.94. The van der Waals surface area contributed by atoms with Gasteiger partial charge in [0.25, 0.3) is 5.91 Å². The van der Waals surface area contributed by atoms with Crippen LogP contribution in [0.4, 0.5) is 5.69 Å². The minimum absolute atomic E-state index is 0.188. The lowest BCUT2D eigenvalue weighted by atomic mass is 10.1. The van der Waals surface area contributed by atoms with Gasteiger partial charge in [0.15, 0.2) is 5.58 Å². The quantitative estimate of drug-likeness (QED) is 0.473. The molecule has 1 N–H and O–H groups in total. The van der Waals surface area contributed by atoms with Crippen molar-refractivity contribution in [3.63, 3.8) is 0 Å². The van der Waals surface area contributed by atoms with Crippen molar-refractivity contribution in [2.45, 2.75) is 20.8 Å². The molecule has 0 unspecified atom stereocenters. The number of hydrogen-bond acceptors (Lipinski definition) is 4. The summed E-state index contributed by atoms with van der Waals surface area (Å²) >= 11 is 0. The number of ether oxygens (including phenoxy) is 1. The highest BCUT2D eigenvalue weighted by Gasteiger charge is 2.12. The molecule has 0 bridgehead atoms. The Morgan fingerprint density at radius 2 is 1.86 bits per heavy atom. The molecule has 0 saturated heterocycles. The molecule has 0 aliphatic carbocycles. The molecule has 0 aliphatic heterocycles. The number of carbonyl (C=O) groups is 1. The van der Waals surface area contributed by atoms with Crippen LogP contribution in [0.15, 0.2) is 65.1 Å². The van der Waals surface area contributed by atoms with Crippen molar-refractivity contribution in [2.75, 3.05) is 11.9 Å². The number of nitrogens with zero attached hydrogens (tertiary/aromatic N) is 1. The monoisotopic (exact) mass is 386 g/mol. The lowest BCUT2D eigenvalue weighted by molar-refractivity contribution is 0.102. The van der Waals surface area contributed by atoms with E-state index >= 15 is 0 Å². The standard InChI is InChI=1S/C24H22N2O3/c1-4-28-20-7-5-6-18(14-20)23(27)25-19-10-8-17(9-11-19)24-26-21-13-15(2)12-16(3)22(21)29-24/h5-14H,4H2,1-3H3,(H,25,27). The van der Waals surface area contributed by atoms with E-state index in [4.69, 9.17) is 9.15 Å². The number of nitrogens with one attached hydrogen (secondary N) is 1. The highest BCUT2D eigenvalue weighted by Crippen LogP contribution is 2.28. The van der Waals surface area contributed by atoms with E-state index in [1.165, 1.54) is 0 Å². The number of fused-ring (bicyclic) bond motifs is 1. The van der Waals surface area contributed by atoms with E-state index in [1.807, 2.05) is 57.2 Å². The summed E-state index contributed by atoms with van der Waals surface area (Å²) in [6, 6.07) is 18.7. The Morgan fingerprint density at radius 3 is 2.62 bits per heavy atom. The van der Waals surface area contributed by atoms with E-state index in [0.717, 1.165) is 27.8 Å². The number of oxazole rings is 1. The molecule has 4 rings (SSSR count). The van der Waals surface area contributed by atoms with E-state index in [2.05, 4.69) is 16.4 Å². The Morgan fingerprint density at radius 1 is 1.07 bits per heavy atom. The second kappa shape index (κ2) is 7.80. The smallest absolute Gasteiger partial charge is 0.255 e. The molecule has 1 aromatic heterocycles. The Bertz CT molecular complexity index is 1180. The predicted molar refractivity (Wildman–Crippen MR) is 114 cm³/mol. The van der Waals surface area contributed by atoms with Crippen molar-refractivity contribution in [1.29, 1.82) is 0 Å². The number of benzene rings is 3. The van der Waals surface area contributed by atoms with E-state index in [9.17, 15) is 4.79 Å². The summed E-state index contributed by atoms with van der Waals surface area (Å²) in [5.74, 6) is 1.06. The largest absolute Gasteiger partial charge is 0.494 e. The maximum Gasteiger partial charge on any atom is 0.255 e. The Hall–Kier alpha value is -3.60. The van der Waals surface area contributed by atoms with Crippen molar-refractivity contribution in [3.05, 3.63) is 77.4 Å². The van der Waals surface area contributed by atoms with E-state index in [-0.39, 0.29) is 5.91 Å². The number of carbonyl (C=O) groups excluding carboxylic acids is 1. The van der Waals surface area contributed by atoms with Crippen LogP contribution in [0.5, 0.6) is 5.75 Å². The van der Waals surface area contributed by atoms with Gasteiger partial charge in [-0.15, -0.1) is 0 Å². The molecular formula is C24H22N2O3. The Balaban J connectivity index is 1.53. The van der Waals surface area contributed by atoms with Gasteiger partial charge in [-0.1, -0.05) is 12.1 Å². The summed E-state index contributed by atoms with van der Waals surface area (Å²) in [6.45, 7) is 6.53. The van der Waals surface area contributed by atoms with Crippen LogP contribution < -0.4 is 10.1 Å². The van der Waals surface area contributed by atoms with Crippen LogP contribution in [0.1, 0.15) is 28.4 Å². The third-order valence-corrected chi connectivity index (χ3v) is 4.62. The Kier molecular flexibility index (Phi) is 5.04. The van der Waals surface area contributed by atoms with Crippen LogP contribution in [0.2, 0.25) is 0 Å². The fourth-order valence-electron chi connectivity index (χ4n) is 3.29. The molecule has 0 fully saturated rings. The van der Waals surface area contributed by atoms with E-state index in [1.54, 1.807) is 18.2 Å². The molecule has 0 saturated carbocycles. The van der Waals surface area contributed by atoms with Crippen molar-refractivity contribution in [3.8, 4) is 17.2 Å². The summed E-state index contributed by atoms with van der Waals surface area (Å²) < 4.78 is 11.4. The summed E-state index contributed by atoms with van der Waals surface area (Å²) in [6.07, 6.45) is 0. The minimum atomic E-state index is -0.188. The van der Waals surface area contributed by atoms with Crippen molar-refractivity contribution >= 4 is 22.7 Å². The first-order chi connectivity index (χ1) is 14.0. The molecule has 4 aromatic rings. The van der Waals surface area contributed by atoms with Crippen LogP contribution >= 0.6 is 0 Å². The predicted octanol–water partition coefficient (Wildman–Crippen LogP) is 5.76. The topological polar surface area (TPSA) is 64.4 Å². The van der Waals surface area contributed by atoms with Gasteiger partial charge in [0.1, 0.15) is 11.3 Å². The summed E-state index contributed by atoms with van der Waals surface area (Å²) in [5.41, 5.74) is 5.97. The zero-order valence-corrected chi connectivity index (χ0v) is 16.7. The third kappa shape index (κ3) is 3.99. The molecule has 0 aliphatic rings. The van der Waals surface area contributed by atoms with Gasteiger partial charge in [-0.2, -0.15) is 0 Å². The molecule has 0 spiro atoms. The van der Waals surface area contributed by atoms with Gasteiger partial charge < -0.3 is 14.5 Å². The van der Waals surface area contributed by atoms with E-state index < -0.39 is 0 Å². The molecule has 0 radical (unpaired) electrons. The molecule has 0 atom stereocenters. The fraction of sp³-hybridized carbons (Fsp3) is 0.167. The molecular weight excluding hydrogens is 364 g/mol. The van der Waals surface area contributed by atoms with Crippen molar-refractivity contribution in [2.24, 2.45) is 0 Å². The number of aryl methyl sites for hydroxylation is 2. The Labute approximate surface area is 169 Å². The molecule has 146 valence electrons. The lowest BCUT2D eigenvalue weighted by Gasteiger charge is -2.08. The van der Waals surface area contributed by atoms with Crippen LogP contribution in [0.25, 0.3) is 22.6 Å². The number of anilines is 1. The molecule has 5 heteroatoms. The van der Waals surface area contributed by atoms with Crippen LogP contribution in [-0.4, -0.2) is 17.5 Å². The van der Waals surface area contributed by atoms with Crippen LogP contribution in [-0.2, 0) is 0 Å². The first kappa shape index (κ1) is 18.7. The maximum absolute atomic E-state index is 12.5. The number of hydrogen-bond donors (Lipinski definition) is 1. The molecule has 1 heterocycles. The van der Waals surface area contributed by atoms with Gasteiger partial charge in [0.2, 0.25) is 5.89 Å². The van der Waals surface area contributed by atoms with Gasteiger partial charge >= 0.3 is 0 Å². The average molecular weight is 386 g/mol. The normalized spacial score (nSPS) is 10.9. The highest BCUT2D eigenvalue weighted by molar-refractivity contribution is 6.04. The lowest BCUT2D eigenvalue weighted by Crippen LogP contribution is -2.11. The van der Waals surface area contributed by atoms with Gasteiger partial charge in [0, 0.05) is 16.8 Å². The van der Waals surface area contributed by atoms with Crippen LogP contribution in [0, 0.1) is 13.8 Å². The van der Waals surface area contributed by atoms with E-state index in [0.29, 0.717) is 29.5 Å². The zero-order chi connectivity index (χ0) is 20.4. The first-order valence-electron chi connectivity index (χ1n) is 9.56. The number of aromatic nitrogens is 1. The van der Waals surface area contributed by atoms with Gasteiger partial charge in [0.05, 0.1) is 6.61 Å². The minimum Gasteiger partial charge on any atom is -0.494 e. The van der Waals surface area contributed by atoms with Gasteiger partial charge in [-0.25, -0.2) is 4.98 Å². The second-order valence-electron chi connectivity index (χ2n) is 6.94. The SMILES string of the molecule is CCOc1cccc(C(=O)Nc2ccc(-c3nc4cc(C)cc(C)c4o3)cc2)c1. The number of rotatable bonds is 5. The van der Waals surface area contributed by atoms with Crippen molar-refractivity contribution in [1.82, 2.24) is 4.98 Å². The van der Waals surface area contributed by atoms with Crippen molar-refractivity contribution < 1.29 is 13.9 Å². The van der Waals surface area contributed by atoms with Gasteiger partial charge in [-0.3, -0.25) is 4.79 Å². The zero-order valence-electron chi connectivity index (χ0n) is 16.7. The first-order valence-corrected chi connectivity index (χ1v) is 9.56. The summed E-state index contributed by atoms with van der Waals surface area (Å²) in [4.78, 5) is 17.1. The fourth-order valence-corrected chi connectivity index (χ4v) is 3.29. The third-order valence-electron chi connectivity index (χ3n) is 4.62. The van der Waals surface area contributed by atoms with Gasteiger partial charge in [-0.05, 0) is 80.4 Å². The number of amides is 1. The summed E-state index contributed by atoms with van der Waals surface area (Å²) in [7, 11) is 0. The highest BCUT2D eigenvalue weighted by atomic mass is 16.5. The molecule has 5 nitrogen and oxygen atoms in total. The summed E-state index contributed by atoms with van der Waals surface area (Å²) in [5, 5.41) is 2.90. The molecule has 29 heavy (non-hydrogen) atoms. The average Bonchev–Trinajstić information content (AvgIpc) is 3.13. The maximum atomic E-state index is 12.5.